The molecular weight excluding hydrogens is 330 g/mol. The average molecular weight is 353 g/mol. The molecule has 1 amide bonds. The monoisotopic (exact) mass is 353 g/mol. The highest BCUT2D eigenvalue weighted by molar-refractivity contribution is 5.84. The third kappa shape index (κ3) is 3.49. The van der Waals surface area contributed by atoms with E-state index in [2.05, 4.69) is 5.32 Å². The van der Waals surface area contributed by atoms with E-state index in [1.807, 2.05) is 60.9 Å². The molecule has 0 spiro atoms. The van der Waals surface area contributed by atoms with Gasteiger partial charge in [-0.2, -0.15) is 0 Å². The molecule has 1 N–H and O–H groups in total. The van der Waals surface area contributed by atoms with E-state index >= 15 is 0 Å². The normalized spacial score (nSPS) is 11.0. The second-order valence-corrected chi connectivity index (χ2v) is 6.30. The molecule has 0 saturated carbocycles. The zero-order valence-corrected chi connectivity index (χ0v) is 15.4. The molecule has 0 aliphatic heterocycles. The van der Waals surface area contributed by atoms with Gasteiger partial charge in [0.2, 0.25) is 5.91 Å². The predicted molar refractivity (Wildman–Crippen MR) is 102 cm³/mol. The van der Waals surface area contributed by atoms with E-state index in [0.717, 1.165) is 16.6 Å². The molecule has 6 heteroatoms. The van der Waals surface area contributed by atoms with Crippen LogP contribution in [0.15, 0.2) is 42.5 Å². The van der Waals surface area contributed by atoms with Gasteiger partial charge in [-0.05, 0) is 44.2 Å². The third-order valence-corrected chi connectivity index (χ3v) is 4.05. The minimum absolute atomic E-state index is 0.0510. The van der Waals surface area contributed by atoms with Gasteiger partial charge in [0.05, 0.1) is 25.3 Å². The fraction of sp³-hybridized carbons (Fsp3) is 0.300. The van der Waals surface area contributed by atoms with Gasteiger partial charge in [0.25, 0.3) is 0 Å². The van der Waals surface area contributed by atoms with Gasteiger partial charge in [-0.1, -0.05) is 12.1 Å². The van der Waals surface area contributed by atoms with Gasteiger partial charge in [-0.15, -0.1) is 0 Å². The highest BCUT2D eigenvalue weighted by atomic mass is 16.5. The number of methoxy groups -OCH3 is 2. The number of ether oxygens (including phenoxy) is 2. The molecule has 0 aliphatic carbocycles. The van der Waals surface area contributed by atoms with Crippen molar-refractivity contribution in [3.05, 3.63) is 42.5 Å². The van der Waals surface area contributed by atoms with Gasteiger partial charge in [0.15, 0.2) is 11.5 Å². The van der Waals surface area contributed by atoms with E-state index in [9.17, 15) is 4.79 Å². The Kier molecular flexibility index (Phi) is 5.11. The fourth-order valence-electron chi connectivity index (χ4n) is 2.94. The van der Waals surface area contributed by atoms with Crippen molar-refractivity contribution in [2.45, 2.75) is 26.4 Å². The molecule has 1 aromatic heterocycles. The van der Waals surface area contributed by atoms with E-state index in [4.69, 9.17) is 14.5 Å². The summed E-state index contributed by atoms with van der Waals surface area (Å²) in [6.45, 7) is 4.08. The molecule has 0 fully saturated rings. The van der Waals surface area contributed by atoms with Gasteiger partial charge < -0.3 is 19.4 Å². The molecule has 3 rings (SSSR count). The zero-order chi connectivity index (χ0) is 18.7. The van der Waals surface area contributed by atoms with Crippen molar-refractivity contribution in [3.8, 4) is 22.9 Å². The Morgan fingerprint density at radius 3 is 2.54 bits per heavy atom. The molecule has 0 aliphatic rings. The molecule has 26 heavy (non-hydrogen) atoms. The van der Waals surface area contributed by atoms with Gasteiger partial charge >= 0.3 is 0 Å². The molecule has 136 valence electrons. The summed E-state index contributed by atoms with van der Waals surface area (Å²) in [6, 6.07) is 13.5. The SMILES string of the molecule is COc1ccc(-c2nc3ccccc3n2CC(=O)NC(C)C)cc1OC. The Labute approximate surface area is 152 Å². The number of carbonyl (C=O) groups excluding carboxylic acids is 1. The summed E-state index contributed by atoms with van der Waals surface area (Å²) in [6.07, 6.45) is 0. The van der Waals surface area contributed by atoms with Crippen molar-refractivity contribution < 1.29 is 14.3 Å². The smallest absolute Gasteiger partial charge is 0.240 e. The molecule has 0 bridgehead atoms. The van der Waals surface area contributed by atoms with Crippen LogP contribution in [0.1, 0.15) is 13.8 Å². The number of amides is 1. The molecule has 0 atom stereocenters. The van der Waals surface area contributed by atoms with Crippen LogP contribution in [0.4, 0.5) is 0 Å². The topological polar surface area (TPSA) is 65.4 Å². The van der Waals surface area contributed by atoms with Crippen molar-refractivity contribution in [2.75, 3.05) is 14.2 Å². The van der Waals surface area contributed by atoms with Crippen LogP contribution < -0.4 is 14.8 Å². The summed E-state index contributed by atoms with van der Waals surface area (Å²) in [5.41, 5.74) is 2.61. The largest absolute Gasteiger partial charge is 0.493 e. The number of aromatic nitrogens is 2. The average Bonchev–Trinajstić information content (AvgIpc) is 2.99. The third-order valence-electron chi connectivity index (χ3n) is 4.05. The first-order chi connectivity index (χ1) is 12.5. The molecule has 3 aromatic rings. The number of fused-ring (bicyclic) bond motifs is 1. The van der Waals surface area contributed by atoms with E-state index < -0.39 is 0 Å². The lowest BCUT2D eigenvalue weighted by Crippen LogP contribution is -2.33. The molecule has 1 heterocycles. The molecular formula is C20H23N3O3. The van der Waals surface area contributed by atoms with Crippen LogP contribution in [-0.2, 0) is 11.3 Å². The molecule has 6 nitrogen and oxygen atoms in total. The van der Waals surface area contributed by atoms with Crippen LogP contribution in [0.5, 0.6) is 11.5 Å². The maximum Gasteiger partial charge on any atom is 0.240 e. The first-order valence-electron chi connectivity index (χ1n) is 8.50. The Morgan fingerprint density at radius 1 is 1.12 bits per heavy atom. The van der Waals surface area contributed by atoms with Crippen molar-refractivity contribution >= 4 is 16.9 Å². The molecule has 2 aromatic carbocycles. The fourth-order valence-corrected chi connectivity index (χ4v) is 2.94. The van der Waals surface area contributed by atoms with E-state index in [1.54, 1.807) is 14.2 Å². The lowest BCUT2D eigenvalue weighted by molar-refractivity contribution is -0.122. The van der Waals surface area contributed by atoms with Gasteiger partial charge in [-0.3, -0.25) is 4.79 Å². The van der Waals surface area contributed by atoms with Crippen molar-refractivity contribution in [1.82, 2.24) is 14.9 Å². The number of imidazole rings is 1. The Morgan fingerprint density at radius 2 is 1.85 bits per heavy atom. The number of nitrogens with one attached hydrogen (secondary N) is 1. The quantitative estimate of drug-likeness (QED) is 0.739. The number of hydrogen-bond acceptors (Lipinski definition) is 4. The first kappa shape index (κ1) is 17.8. The summed E-state index contributed by atoms with van der Waals surface area (Å²) in [7, 11) is 3.20. The lowest BCUT2D eigenvalue weighted by atomic mass is 10.2. The molecule has 0 saturated heterocycles. The Bertz CT molecular complexity index is 931. The highest BCUT2D eigenvalue weighted by Crippen LogP contribution is 2.33. The minimum atomic E-state index is -0.0510. The zero-order valence-electron chi connectivity index (χ0n) is 15.4. The van der Waals surface area contributed by atoms with Gasteiger partial charge in [0, 0.05) is 11.6 Å². The van der Waals surface area contributed by atoms with Crippen LogP contribution in [0.2, 0.25) is 0 Å². The van der Waals surface area contributed by atoms with E-state index in [1.165, 1.54) is 0 Å². The van der Waals surface area contributed by atoms with Crippen molar-refractivity contribution in [1.29, 1.82) is 0 Å². The predicted octanol–water partition coefficient (Wildman–Crippen LogP) is 3.25. The Hall–Kier alpha value is -3.02. The summed E-state index contributed by atoms with van der Waals surface area (Å²) in [5, 5.41) is 2.93. The number of nitrogens with zero attached hydrogens (tertiary/aromatic N) is 2. The van der Waals surface area contributed by atoms with E-state index in [0.29, 0.717) is 17.3 Å². The minimum Gasteiger partial charge on any atom is -0.493 e. The van der Waals surface area contributed by atoms with Crippen LogP contribution >= 0.6 is 0 Å². The highest BCUT2D eigenvalue weighted by Gasteiger charge is 2.17. The van der Waals surface area contributed by atoms with Gasteiger partial charge in [0.1, 0.15) is 12.4 Å². The first-order valence-corrected chi connectivity index (χ1v) is 8.50. The number of benzene rings is 2. The molecule has 0 unspecified atom stereocenters. The summed E-state index contributed by atoms with van der Waals surface area (Å²) < 4.78 is 12.6. The maximum atomic E-state index is 12.4. The number of carbonyl (C=O) groups is 1. The number of para-hydroxylation sites is 2. The number of rotatable bonds is 6. The summed E-state index contributed by atoms with van der Waals surface area (Å²) >= 11 is 0. The summed E-state index contributed by atoms with van der Waals surface area (Å²) in [5.74, 6) is 1.93. The second kappa shape index (κ2) is 7.47. The van der Waals surface area contributed by atoms with Crippen LogP contribution in [0.3, 0.4) is 0 Å². The standard InChI is InChI=1S/C20H23N3O3/c1-13(2)21-19(24)12-23-16-8-6-5-7-15(16)22-20(23)14-9-10-17(25-3)18(11-14)26-4/h5-11,13H,12H2,1-4H3,(H,21,24). The number of hydrogen-bond donors (Lipinski definition) is 1. The van der Waals surface area contributed by atoms with Crippen molar-refractivity contribution in [3.63, 3.8) is 0 Å². The van der Waals surface area contributed by atoms with Crippen LogP contribution in [-0.4, -0.2) is 35.7 Å². The Balaban J connectivity index is 2.10. The molecule has 0 radical (unpaired) electrons. The summed E-state index contributed by atoms with van der Waals surface area (Å²) in [4.78, 5) is 17.1. The van der Waals surface area contributed by atoms with Crippen LogP contribution in [0.25, 0.3) is 22.4 Å². The maximum absolute atomic E-state index is 12.4. The van der Waals surface area contributed by atoms with E-state index in [-0.39, 0.29) is 18.5 Å². The van der Waals surface area contributed by atoms with Crippen molar-refractivity contribution in [2.24, 2.45) is 0 Å². The van der Waals surface area contributed by atoms with Gasteiger partial charge in [-0.25, -0.2) is 4.98 Å². The second-order valence-electron chi connectivity index (χ2n) is 6.30. The lowest BCUT2D eigenvalue weighted by Gasteiger charge is -2.13. The van der Waals surface area contributed by atoms with Crippen LogP contribution in [0, 0.1) is 0 Å².